The highest BCUT2D eigenvalue weighted by Gasteiger charge is 2.69. The second-order valence-corrected chi connectivity index (χ2v) is 8.32. The molecule has 4 nitrogen and oxygen atoms in total. The van der Waals surface area contributed by atoms with E-state index in [1.807, 2.05) is 30.3 Å². The Labute approximate surface area is 131 Å². The highest BCUT2D eigenvalue weighted by atomic mass is 16.1. The third-order valence-corrected chi connectivity index (χ3v) is 5.88. The number of ketones is 2. The summed E-state index contributed by atoms with van der Waals surface area (Å²) in [5.41, 5.74) is 0.314. The molecule has 2 unspecified atom stereocenters. The van der Waals surface area contributed by atoms with Gasteiger partial charge < -0.3 is 0 Å². The van der Waals surface area contributed by atoms with Crippen LogP contribution in [0.25, 0.3) is 0 Å². The average Bonchev–Trinajstić information content (AvgIpc) is 2.44. The molecule has 1 aromatic rings. The van der Waals surface area contributed by atoms with Gasteiger partial charge >= 0.3 is 0 Å². The number of piperidine rings is 2. The van der Waals surface area contributed by atoms with Crippen LogP contribution < -0.4 is 4.90 Å². The van der Waals surface area contributed by atoms with Crippen molar-refractivity contribution in [1.29, 1.82) is 0 Å². The standard InChI is InChI=1S/C18H23N2O2/c1-17-9-19-10-18(2,16(17)22)12-20(11-17,13-19)8-15(21)14-6-4-3-5-7-14/h3-7H,8-13H2,1-2H3/q+1/p+1/t17-,18+,20?. The fourth-order valence-corrected chi connectivity index (χ4v) is 5.73. The Morgan fingerprint density at radius 1 is 1.14 bits per heavy atom. The summed E-state index contributed by atoms with van der Waals surface area (Å²) < 4.78 is 0.793. The molecule has 22 heavy (non-hydrogen) atoms. The summed E-state index contributed by atoms with van der Waals surface area (Å²) in [7, 11) is 0. The molecular formula is C18H24N2O2+2. The van der Waals surface area contributed by atoms with Crippen molar-refractivity contribution >= 4 is 11.6 Å². The number of rotatable bonds is 3. The van der Waals surface area contributed by atoms with Crippen molar-refractivity contribution in [3.05, 3.63) is 35.9 Å². The molecule has 4 aliphatic rings. The summed E-state index contributed by atoms with van der Waals surface area (Å²) in [6.07, 6.45) is 0. The van der Waals surface area contributed by atoms with Crippen LogP contribution in [0.1, 0.15) is 24.2 Å². The normalized spacial score (nSPS) is 42.6. The van der Waals surface area contributed by atoms with E-state index in [-0.39, 0.29) is 16.6 Å². The summed E-state index contributed by atoms with van der Waals surface area (Å²) in [6, 6.07) is 9.57. The van der Waals surface area contributed by atoms with Gasteiger partial charge in [-0.1, -0.05) is 30.3 Å². The summed E-state index contributed by atoms with van der Waals surface area (Å²) in [5, 5.41) is 0. The molecule has 4 heterocycles. The smallest absolute Gasteiger partial charge is 0.217 e. The zero-order valence-corrected chi connectivity index (χ0v) is 13.4. The molecule has 0 aromatic heterocycles. The summed E-state index contributed by atoms with van der Waals surface area (Å²) >= 11 is 0. The molecule has 0 amide bonds. The molecule has 0 saturated carbocycles. The fourth-order valence-electron chi connectivity index (χ4n) is 5.73. The molecule has 4 heteroatoms. The molecule has 116 valence electrons. The first-order valence-electron chi connectivity index (χ1n) is 8.16. The number of Topliss-reactive ketones (excluding diaryl/α,β-unsaturated/α-hetero) is 2. The summed E-state index contributed by atoms with van der Waals surface area (Å²) in [6.45, 7) is 9.33. The first-order valence-corrected chi connectivity index (χ1v) is 8.16. The molecule has 0 aliphatic carbocycles. The maximum atomic E-state index is 12.8. The van der Waals surface area contributed by atoms with E-state index in [9.17, 15) is 9.59 Å². The van der Waals surface area contributed by atoms with Crippen LogP contribution in [0.2, 0.25) is 0 Å². The van der Waals surface area contributed by atoms with Crippen LogP contribution in [-0.4, -0.2) is 55.4 Å². The SMILES string of the molecule is C[C@]12C[NH+]3C[C@](C)(C[N+](CC(=O)c4ccccc4)(C3)C1)C2=O. The Morgan fingerprint density at radius 2 is 1.73 bits per heavy atom. The largest absolute Gasteiger partial charge is 0.297 e. The Bertz CT molecular complexity index is 632. The lowest BCUT2D eigenvalue weighted by atomic mass is 9.61. The number of nitrogens with one attached hydrogen (secondary N) is 1. The number of carbonyl (C=O) groups is 2. The van der Waals surface area contributed by atoms with Gasteiger partial charge in [0.05, 0.1) is 13.1 Å². The Hall–Kier alpha value is -1.52. The predicted octanol–water partition coefficient (Wildman–Crippen LogP) is 0.151. The monoisotopic (exact) mass is 300 g/mol. The van der Waals surface area contributed by atoms with Gasteiger partial charge in [-0.25, -0.2) is 0 Å². The van der Waals surface area contributed by atoms with Crippen molar-refractivity contribution in [3.63, 3.8) is 0 Å². The highest BCUT2D eigenvalue weighted by Crippen LogP contribution is 2.43. The van der Waals surface area contributed by atoms with E-state index in [0.717, 1.165) is 42.9 Å². The lowest BCUT2D eigenvalue weighted by Crippen LogP contribution is -3.24. The van der Waals surface area contributed by atoms with Crippen LogP contribution in [0.5, 0.6) is 0 Å². The summed E-state index contributed by atoms with van der Waals surface area (Å²) in [4.78, 5) is 27.0. The lowest BCUT2D eigenvalue weighted by molar-refractivity contribution is -1.14. The van der Waals surface area contributed by atoms with E-state index in [2.05, 4.69) is 13.8 Å². The Kier molecular flexibility index (Phi) is 2.73. The minimum Gasteiger partial charge on any atom is -0.297 e. The van der Waals surface area contributed by atoms with Gasteiger partial charge in [-0.3, -0.25) is 19.0 Å². The average molecular weight is 300 g/mol. The van der Waals surface area contributed by atoms with Gasteiger partial charge in [-0.05, 0) is 13.8 Å². The van der Waals surface area contributed by atoms with Crippen LogP contribution in [0.4, 0.5) is 0 Å². The number of quaternary nitrogens is 2. The van der Waals surface area contributed by atoms with Crippen LogP contribution in [0.3, 0.4) is 0 Å². The van der Waals surface area contributed by atoms with Crippen molar-refractivity contribution in [3.8, 4) is 0 Å². The van der Waals surface area contributed by atoms with Crippen molar-refractivity contribution in [2.45, 2.75) is 13.8 Å². The number of nitrogens with zero attached hydrogens (tertiary/aromatic N) is 1. The zero-order chi connectivity index (χ0) is 15.6. The van der Waals surface area contributed by atoms with E-state index in [0.29, 0.717) is 12.3 Å². The van der Waals surface area contributed by atoms with Crippen molar-refractivity contribution in [2.24, 2.45) is 10.8 Å². The van der Waals surface area contributed by atoms with Crippen LogP contribution >= 0.6 is 0 Å². The van der Waals surface area contributed by atoms with Crippen LogP contribution in [0.15, 0.2) is 30.3 Å². The quantitative estimate of drug-likeness (QED) is 0.637. The van der Waals surface area contributed by atoms with Gasteiger partial charge in [0.2, 0.25) is 12.5 Å². The van der Waals surface area contributed by atoms with E-state index in [4.69, 9.17) is 0 Å². The Morgan fingerprint density at radius 3 is 2.32 bits per heavy atom. The van der Waals surface area contributed by atoms with Gasteiger partial charge in [0.25, 0.3) is 0 Å². The second-order valence-electron chi connectivity index (χ2n) is 8.32. The van der Waals surface area contributed by atoms with E-state index < -0.39 is 0 Å². The van der Waals surface area contributed by atoms with Crippen molar-refractivity contribution < 1.29 is 19.0 Å². The maximum absolute atomic E-state index is 12.8. The molecule has 4 bridgehead atoms. The molecule has 4 atom stereocenters. The van der Waals surface area contributed by atoms with Gasteiger partial charge in [0.1, 0.15) is 30.5 Å². The number of benzene rings is 1. The number of carbonyl (C=O) groups excluding carboxylic acids is 2. The topological polar surface area (TPSA) is 38.6 Å². The maximum Gasteiger partial charge on any atom is 0.217 e. The van der Waals surface area contributed by atoms with Crippen LogP contribution in [0, 0.1) is 10.8 Å². The molecule has 4 fully saturated rings. The first-order chi connectivity index (χ1) is 10.3. The van der Waals surface area contributed by atoms with Gasteiger partial charge in [-0.15, -0.1) is 0 Å². The minimum atomic E-state index is -0.240. The molecule has 4 aliphatic heterocycles. The van der Waals surface area contributed by atoms with E-state index in [1.54, 1.807) is 0 Å². The van der Waals surface area contributed by atoms with Crippen molar-refractivity contribution in [2.75, 3.05) is 39.4 Å². The van der Waals surface area contributed by atoms with Crippen LogP contribution in [-0.2, 0) is 4.79 Å². The van der Waals surface area contributed by atoms with E-state index >= 15 is 0 Å². The van der Waals surface area contributed by atoms with Gasteiger partial charge in [-0.2, -0.15) is 0 Å². The Balaban J connectivity index is 1.65. The third kappa shape index (κ3) is 1.90. The van der Waals surface area contributed by atoms with E-state index in [1.165, 1.54) is 4.90 Å². The number of hydrogen-bond acceptors (Lipinski definition) is 2. The third-order valence-electron chi connectivity index (χ3n) is 5.88. The predicted molar refractivity (Wildman–Crippen MR) is 82.4 cm³/mol. The molecule has 4 saturated heterocycles. The van der Waals surface area contributed by atoms with Crippen molar-refractivity contribution in [1.82, 2.24) is 0 Å². The molecular weight excluding hydrogens is 276 g/mol. The molecule has 0 radical (unpaired) electrons. The molecule has 5 rings (SSSR count). The zero-order valence-electron chi connectivity index (χ0n) is 13.4. The van der Waals surface area contributed by atoms with Gasteiger partial charge in [0, 0.05) is 5.56 Å². The van der Waals surface area contributed by atoms with Gasteiger partial charge in [0.15, 0.2) is 5.78 Å². The lowest BCUT2D eigenvalue weighted by Gasteiger charge is -2.62. The first kappa shape index (κ1) is 14.1. The molecule has 0 spiro atoms. The number of hydrogen-bond donors (Lipinski definition) is 1. The summed E-state index contributed by atoms with van der Waals surface area (Å²) in [5.74, 6) is 0.646. The fraction of sp³-hybridized carbons (Fsp3) is 0.556. The second kappa shape index (κ2) is 4.27. The highest BCUT2D eigenvalue weighted by molar-refractivity contribution is 5.97. The minimum absolute atomic E-state index is 0.211. The molecule has 1 aromatic carbocycles. The molecule has 1 N–H and O–H groups in total.